The van der Waals surface area contributed by atoms with Gasteiger partial charge < -0.3 is 4.74 Å². The van der Waals surface area contributed by atoms with Crippen molar-refractivity contribution < 1.29 is 4.74 Å². The second-order valence-corrected chi connectivity index (χ2v) is 4.26. The summed E-state index contributed by atoms with van der Waals surface area (Å²) in [7, 11) is 1.72. The van der Waals surface area contributed by atoms with Crippen molar-refractivity contribution in [1.82, 2.24) is 0 Å². The molecule has 0 aliphatic rings. The molecule has 1 atom stereocenters. The fourth-order valence-electron chi connectivity index (χ4n) is 1.60. The Balaban J connectivity index is 3.05. The Hall–Kier alpha value is -0.980. The van der Waals surface area contributed by atoms with E-state index in [1.54, 1.807) is 7.11 Å². The first-order valence-electron chi connectivity index (χ1n) is 5.20. The van der Waals surface area contributed by atoms with Crippen LogP contribution in [0.5, 0.6) is 5.75 Å². The average molecular weight is 192 g/mol. The number of benzene rings is 1. The molecule has 0 N–H and O–H groups in total. The Kier molecular flexibility index (Phi) is 3.56. The molecule has 14 heavy (non-hydrogen) atoms. The van der Waals surface area contributed by atoms with Crippen LogP contribution in [-0.4, -0.2) is 7.11 Å². The van der Waals surface area contributed by atoms with Gasteiger partial charge in [0.1, 0.15) is 5.75 Å². The van der Waals surface area contributed by atoms with E-state index in [-0.39, 0.29) is 0 Å². The van der Waals surface area contributed by atoms with Gasteiger partial charge in [0.25, 0.3) is 0 Å². The van der Waals surface area contributed by atoms with E-state index in [0.29, 0.717) is 11.8 Å². The zero-order chi connectivity index (χ0) is 10.7. The van der Waals surface area contributed by atoms with Crippen molar-refractivity contribution in [2.45, 2.75) is 33.6 Å². The van der Waals surface area contributed by atoms with Crippen LogP contribution in [0.4, 0.5) is 0 Å². The van der Waals surface area contributed by atoms with Crippen molar-refractivity contribution >= 4 is 0 Å². The Morgan fingerprint density at radius 2 is 1.79 bits per heavy atom. The highest BCUT2D eigenvalue weighted by atomic mass is 16.5. The van der Waals surface area contributed by atoms with Crippen LogP contribution in [-0.2, 0) is 0 Å². The van der Waals surface area contributed by atoms with Crippen molar-refractivity contribution in [2.24, 2.45) is 5.92 Å². The highest BCUT2D eigenvalue weighted by Gasteiger charge is 2.12. The van der Waals surface area contributed by atoms with E-state index in [2.05, 4.69) is 39.8 Å². The monoisotopic (exact) mass is 192 g/mol. The third-order valence-corrected chi connectivity index (χ3v) is 2.98. The summed E-state index contributed by atoms with van der Waals surface area (Å²) in [5, 5.41) is 0. The molecular formula is C13H20O. The predicted molar refractivity (Wildman–Crippen MR) is 61.0 cm³/mol. The fraction of sp³-hybridized carbons (Fsp3) is 0.538. The number of aryl methyl sites for hydroxylation is 1. The molecule has 0 unspecified atom stereocenters. The van der Waals surface area contributed by atoms with E-state index in [0.717, 1.165) is 5.75 Å². The molecule has 0 aliphatic heterocycles. The normalized spacial score (nSPS) is 13.0. The third kappa shape index (κ3) is 2.28. The predicted octanol–water partition coefficient (Wildman–Crippen LogP) is 3.76. The Bertz CT molecular complexity index is 302. The topological polar surface area (TPSA) is 9.23 Å². The highest BCUT2D eigenvalue weighted by molar-refractivity contribution is 5.37. The molecule has 0 amide bonds. The Morgan fingerprint density at radius 3 is 2.29 bits per heavy atom. The minimum absolute atomic E-state index is 0.588. The van der Waals surface area contributed by atoms with E-state index < -0.39 is 0 Å². The van der Waals surface area contributed by atoms with Gasteiger partial charge in [0.15, 0.2) is 0 Å². The smallest absolute Gasteiger partial charge is 0.119 e. The summed E-state index contributed by atoms with van der Waals surface area (Å²) in [5.74, 6) is 2.21. The van der Waals surface area contributed by atoms with Gasteiger partial charge in [-0.3, -0.25) is 0 Å². The van der Waals surface area contributed by atoms with Crippen molar-refractivity contribution in [3.05, 3.63) is 29.3 Å². The summed E-state index contributed by atoms with van der Waals surface area (Å²) in [4.78, 5) is 0. The first kappa shape index (κ1) is 11.1. The van der Waals surface area contributed by atoms with Gasteiger partial charge in [0, 0.05) is 0 Å². The van der Waals surface area contributed by atoms with Crippen LogP contribution < -0.4 is 4.74 Å². The van der Waals surface area contributed by atoms with Gasteiger partial charge in [-0.2, -0.15) is 0 Å². The first-order valence-corrected chi connectivity index (χ1v) is 5.20. The molecule has 0 saturated carbocycles. The lowest BCUT2D eigenvalue weighted by molar-refractivity contribution is 0.412. The van der Waals surface area contributed by atoms with Crippen molar-refractivity contribution in [3.8, 4) is 5.75 Å². The molecule has 0 spiro atoms. The lowest BCUT2D eigenvalue weighted by Crippen LogP contribution is -2.04. The maximum atomic E-state index is 5.24. The first-order chi connectivity index (χ1) is 6.56. The largest absolute Gasteiger partial charge is 0.497 e. The zero-order valence-corrected chi connectivity index (χ0v) is 9.79. The number of hydrogen-bond donors (Lipinski definition) is 0. The van der Waals surface area contributed by atoms with Crippen LogP contribution in [0.2, 0.25) is 0 Å². The fourth-order valence-corrected chi connectivity index (χ4v) is 1.60. The lowest BCUT2D eigenvalue weighted by atomic mass is 9.87. The van der Waals surface area contributed by atoms with Gasteiger partial charge in [-0.25, -0.2) is 0 Å². The molecule has 0 radical (unpaired) electrons. The lowest BCUT2D eigenvalue weighted by Gasteiger charge is -2.19. The van der Waals surface area contributed by atoms with Crippen LogP contribution in [0, 0.1) is 12.8 Å². The molecule has 0 bridgehead atoms. The van der Waals surface area contributed by atoms with Gasteiger partial charge in [0.2, 0.25) is 0 Å². The minimum atomic E-state index is 0.588. The maximum absolute atomic E-state index is 5.24. The number of ether oxygens (including phenoxy) is 1. The number of methoxy groups -OCH3 is 1. The summed E-state index contributed by atoms with van der Waals surface area (Å²) in [6, 6.07) is 6.30. The molecule has 1 aromatic rings. The van der Waals surface area contributed by atoms with Gasteiger partial charge >= 0.3 is 0 Å². The van der Waals surface area contributed by atoms with Crippen LogP contribution >= 0.6 is 0 Å². The van der Waals surface area contributed by atoms with Gasteiger partial charge in [-0.05, 0) is 42.0 Å². The minimum Gasteiger partial charge on any atom is -0.497 e. The SMILES string of the molecule is COc1ccc(C)c([C@H](C)C(C)C)c1. The summed E-state index contributed by atoms with van der Waals surface area (Å²) < 4.78 is 5.24. The van der Waals surface area contributed by atoms with E-state index in [1.807, 2.05) is 6.07 Å². The van der Waals surface area contributed by atoms with Gasteiger partial charge in [-0.15, -0.1) is 0 Å². The Morgan fingerprint density at radius 1 is 1.14 bits per heavy atom. The Labute approximate surface area is 87.1 Å². The van der Waals surface area contributed by atoms with Gasteiger partial charge in [0.05, 0.1) is 7.11 Å². The maximum Gasteiger partial charge on any atom is 0.119 e. The molecule has 0 aromatic heterocycles. The summed E-state index contributed by atoms with van der Waals surface area (Å²) in [6.45, 7) is 8.94. The van der Waals surface area contributed by atoms with Crippen LogP contribution in [0.1, 0.15) is 37.8 Å². The molecule has 1 rings (SSSR count). The summed E-state index contributed by atoms with van der Waals surface area (Å²) >= 11 is 0. The average Bonchev–Trinajstić information content (AvgIpc) is 2.17. The van der Waals surface area contributed by atoms with E-state index in [9.17, 15) is 0 Å². The number of rotatable bonds is 3. The second kappa shape index (κ2) is 4.50. The van der Waals surface area contributed by atoms with E-state index in [1.165, 1.54) is 11.1 Å². The molecule has 0 fully saturated rings. The molecule has 1 nitrogen and oxygen atoms in total. The standard InChI is InChI=1S/C13H20O/c1-9(2)11(4)13-8-12(14-5)7-6-10(13)3/h6-9,11H,1-5H3/t11-/m1/s1. The quantitative estimate of drug-likeness (QED) is 0.708. The van der Waals surface area contributed by atoms with Crippen molar-refractivity contribution in [3.63, 3.8) is 0 Å². The molecule has 1 heteroatoms. The van der Waals surface area contributed by atoms with E-state index in [4.69, 9.17) is 4.74 Å². The second-order valence-electron chi connectivity index (χ2n) is 4.26. The van der Waals surface area contributed by atoms with Gasteiger partial charge in [-0.1, -0.05) is 26.8 Å². The molecule has 0 saturated heterocycles. The number of hydrogen-bond acceptors (Lipinski definition) is 1. The highest BCUT2D eigenvalue weighted by Crippen LogP contribution is 2.29. The zero-order valence-electron chi connectivity index (χ0n) is 9.79. The van der Waals surface area contributed by atoms with Crippen LogP contribution in [0.3, 0.4) is 0 Å². The molecule has 1 aromatic carbocycles. The third-order valence-electron chi connectivity index (χ3n) is 2.98. The summed E-state index contributed by atoms with van der Waals surface area (Å²) in [6.07, 6.45) is 0. The molecule has 0 aliphatic carbocycles. The summed E-state index contributed by atoms with van der Waals surface area (Å²) in [5.41, 5.74) is 2.76. The van der Waals surface area contributed by atoms with Crippen molar-refractivity contribution in [1.29, 1.82) is 0 Å². The van der Waals surface area contributed by atoms with Crippen molar-refractivity contribution in [2.75, 3.05) is 7.11 Å². The molecule has 0 heterocycles. The van der Waals surface area contributed by atoms with Crippen LogP contribution in [0.15, 0.2) is 18.2 Å². The molecular weight excluding hydrogens is 172 g/mol. The van der Waals surface area contributed by atoms with Crippen LogP contribution in [0.25, 0.3) is 0 Å². The molecule has 78 valence electrons. The van der Waals surface area contributed by atoms with E-state index >= 15 is 0 Å².